The zero-order valence-corrected chi connectivity index (χ0v) is 16.6. The lowest BCUT2D eigenvalue weighted by Gasteiger charge is -2.42. The number of aromatic nitrogens is 5. The molecule has 6 nitrogen and oxygen atoms in total. The molecule has 0 saturated heterocycles. The average Bonchev–Trinajstić information content (AvgIpc) is 3.50. The van der Waals surface area contributed by atoms with Crippen molar-refractivity contribution in [2.24, 2.45) is 0 Å². The topological polar surface area (TPSA) is 68.8 Å². The Hall–Kier alpha value is -3.25. The molecule has 6 rings (SSSR count). The molecular weight excluding hydrogens is 374 g/mol. The fraction of sp³-hybridized carbons (Fsp3) is 0.292. The van der Waals surface area contributed by atoms with Crippen LogP contribution in [0.2, 0.25) is 0 Å². The second-order valence-corrected chi connectivity index (χ2v) is 8.54. The van der Waals surface area contributed by atoms with Gasteiger partial charge in [-0.3, -0.25) is 0 Å². The molecule has 1 fully saturated rings. The van der Waals surface area contributed by atoms with Gasteiger partial charge in [-0.2, -0.15) is 0 Å². The van der Waals surface area contributed by atoms with E-state index in [0.29, 0.717) is 25.1 Å². The Morgan fingerprint density at radius 2 is 1.70 bits per heavy atom. The molecule has 6 heteroatoms. The second-order valence-electron chi connectivity index (χ2n) is 8.54. The van der Waals surface area contributed by atoms with Crippen LogP contribution in [0.5, 0.6) is 0 Å². The summed E-state index contributed by atoms with van der Waals surface area (Å²) in [6.07, 6.45) is 8.76. The van der Waals surface area contributed by atoms with Gasteiger partial charge in [0.05, 0.1) is 36.5 Å². The number of hydrogen-bond donors (Lipinski definition) is 1. The summed E-state index contributed by atoms with van der Waals surface area (Å²) in [7, 11) is 0. The third kappa shape index (κ3) is 2.50. The molecule has 0 bridgehead atoms. The van der Waals surface area contributed by atoms with Crippen LogP contribution in [0, 0.1) is 0 Å². The van der Waals surface area contributed by atoms with Gasteiger partial charge in [0.15, 0.2) is 0 Å². The van der Waals surface area contributed by atoms with E-state index in [1.54, 1.807) is 0 Å². The van der Waals surface area contributed by atoms with E-state index in [1.165, 1.54) is 22.4 Å². The lowest BCUT2D eigenvalue weighted by atomic mass is 9.70. The molecule has 30 heavy (non-hydrogen) atoms. The maximum absolute atomic E-state index is 11.5. The molecule has 0 radical (unpaired) electrons. The van der Waals surface area contributed by atoms with Crippen molar-refractivity contribution in [3.63, 3.8) is 0 Å². The molecule has 2 aromatic heterocycles. The van der Waals surface area contributed by atoms with Gasteiger partial charge in [-0.25, -0.2) is 9.67 Å². The lowest BCUT2D eigenvalue weighted by Crippen LogP contribution is -2.42. The smallest absolute Gasteiger partial charge is 0.114 e. The lowest BCUT2D eigenvalue weighted by molar-refractivity contribution is -0.0290. The first-order chi connectivity index (χ1) is 14.7. The van der Waals surface area contributed by atoms with E-state index in [-0.39, 0.29) is 5.54 Å². The van der Waals surface area contributed by atoms with Gasteiger partial charge in [-0.15, -0.1) is 5.10 Å². The first kappa shape index (κ1) is 17.6. The molecule has 150 valence electrons. The summed E-state index contributed by atoms with van der Waals surface area (Å²) in [5, 5.41) is 20.1. The first-order valence-corrected chi connectivity index (χ1v) is 10.5. The Kier molecular flexibility index (Phi) is 3.74. The normalized spacial score (nSPS) is 24.7. The van der Waals surface area contributed by atoms with Crippen LogP contribution in [0.25, 0.3) is 11.3 Å². The van der Waals surface area contributed by atoms with Crippen molar-refractivity contribution in [2.75, 3.05) is 0 Å². The minimum Gasteiger partial charge on any atom is -0.383 e. The van der Waals surface area contributed by atoms with Crippen LogP contribution < -0.4 is 0 Å². The van der Waals surface area contributed by atoms with E-state index < -0.39 is 5.60 Å². The summed E-state index contributed by atoms with van der Waals surface area (Å²) in [6, 6.07) is 18.8. The van der Waals surface area contributed by atoms with Crippen LogP contribution >= 0.6 is 0 Å². The Labute approximate surface area is 174 Å². The highest BCUT2D eigenvalue weighted by atomic mass is 16.3. The zero-order valence-electron chi connectivity index (χ0n) is 16.6. The van der Waals surface area contributed by atoms with E-state index >= 15 is 0 Å². The molecule has 4 aromatic rings. The number of rotatable bonds is 3. The van der Waals surface area contributed by atoms with Gasteiger partial charge < -0.3 is 9.67 Å². The summed E-state index contributed by atoms with van der Waals surface area (Å²) in [5.41, 5.74) is 4.54. The summed E-state index contributed by atoms with van der Waals surface area (Å²) in [6.45, 7) is 0.652. The Bertz CT molecular complexity index is 1200. The van der Waals surface area contributed by atoms with Crippen molar-refractivity contribution in [3.05, 3.63) is 90.1 Å². The molecule has 0 amide bonds. The molecule has 0 unspecified atom stereocenters. The number of hydrogen-bond acceptors (Lipinski definition) is 4. The van der Waals surface area contributed by atoms with E-state index in [0.717, 1.165) is 12.8 Å². The predicted molar refractivity (Wildman–Crippen MR) is 113 cm³/mol. The summed E-state index contributed by atoms with van der Waals surface area (Å²) < 4.78 is 4.12. The molecule has 1 aliphatic carbocycles. The van der Waals surface area contributed by atoms with Crippen molar-refractivity contribution in [1.82, 2.24) is 24.5 Å². The molecule has 1 aliphatic heterocycles. The Balaban J connectivity index is 1.27. The van der Waals surface area contributed by atoms with Crippen molar-refractivity contribution in [3.8, 4) is 11.3 Å². The molecule has 2 aliphatic rings. The van der Waals surface area contributed by atoms with Gasteiger partial charge in [0, 0.05) is 5.56 Å². The van der Waals surface area contributed by atoms with Crippen LogP contribution in [-0.2, 0) is 17.7 Å². The number of nitrogens with zero attached hydrogens (tertiary/aromatic N) is 5. The van der Waals surface area contributed by atoms with Gasteiger partial charge in [0.25, 0.3) is 0 Å². The van der Waals surface area contributed by atoms with Crippen molar-refractivity contribution >= 4 is 0 Å². The van der Waals surface area contributed by atoms with Crippen LogP contribution in [-0.4, -0.2) is 29.7 Å². The summed E-state index contributed by atoms with van der Waals surface area (Å²) in [4.78, 5) is 4.40. The summed E-state index contributed by atoms with van der Waals surface area (Å²) in [5.74, 6) is 0. The molecule has 1 spiro atoms. The monoisotopic (exact) mass is 397 g/mol. The standard InChI is InChI=1S/C24H23N5O/c30-24(22-16-28(27-26-22)15-18-6-2-1-3-7-18)12-10-23(11-13-24)20-9-5-4-8-19(20)21-14-25-17-29(21)23/h1-9,14,16-17,30H,10-13,15H2. The fourth-order valence-corrected chi connectivity index (χ4v) is 5.28. The van der Waals surface area contributed by atoms with E-state index in [1.807, 2.05) is 41.6 Å². The van der Waals surface area contributed by atoms with Crippen LogP contribution in [0.3, 0.4) is 0 Å². The van der Waals surface area contributed by atoms with Crippen LogP contribution in [0.1, 0.15) is 42.5 Å². The molecule has 1 N–H and O–H groups in total. The zero-order chi connectivity index (χ0) is 20.2. The highest BCUT2D eigenvalue weighted by Crippen LogP contribution is 2.54. The molecule has 0 atom stereocenters. The third-order valence-electron chi connectivity index (χ3n) is 6.91. The third-order valence-corrected chi connectivity index (χ3v) is 6.91. The predicted octanol–water partition coefficient (Wildman–Crippen LogP) is 3.71. The van der Waals surface area contributed by atoms with Crippen molar-refractivity contribution < 1.29 is 5.11 Å². The minimum absolute atomic E-state index is 0.130. The Morgan fingerprint density at radius 3 is 2.53 bits per heavy atom. The van der Waals surface area contributed by atoms with Gasteiger partial charge in [-0.05, 0) is 36.8 Å². The van der Waals surface area contributed by atoms with Gasteiger partial charge in [0.2, 0.25) is 0 Å². The maximum Gasteiger partial charge on any atom is 0.114 e. The molecular formula is C24H23N5O. The van der Waals surface area contributed by atoms with Crippen LogP contribution in [0.4, 0.5) is 0 Å². The van der Waals surface area contributed by atoms with Crippen molar-refractivity contribution in [1.29, 1.82) is 0 Å². The number of benzene rings is 2. The van der Waals surface area contributed by atoms with Crippen molar-refractivity contribution in [2.45, 2.75) is 43.4 Å². The van der Waals surface area contributed by atoms with Crippen LogP contribution in [0.15, 0.2) is 73.3 Å². The van der Waals surface area contributed by atoms with E-state index in [2.05, 4.69) is 56.3 Å². The molecule has 2 aromatic carbocycles. The van der Waals surface area contributed by atoms with E-state index in [4.69, 9.17) is 0 Å². The van der Waals surface area contributed by atoms with E-state index in [9.17, 15) is 5.11 Å². The minimum atomic E-state index is -0.946. The SMILES string of the molecule is OC1(c2cn(Cc3ccccc3)nn2)CCC2(CC1)c1ccccc1-c1cncn12. The highest BCUT2D eigenvalue weighted by molar-refractivity contribution is 5.70. The quantitative estimate of drug-likeness (QED) is 0.572. The fourth-order valence-electron chi connectivity index (χ4n) is 5.28. The largest absolute Gasteiger partial charge is 0.383 e. The molecule has 3 heterocycles. The summed E-state index contributed by atoms with van der Waals surface area (Å²) >= 11 is 0. The maximum atomic E-state index is 11.5. The Morgan fingerprint density at radius 1 is 0.933 bits per heavy atom. The number of fused-ring (bicyclic) bond motifs is 5. The average molecular weight is 397 g/mol. The van der Waals surface area contributed by atoms with Gasteiger partial charge in [0.1, 0.15) is 11.3 Å². The highest BCUT2D eigenvalue weighted by Gasteiger charge is 2.50. The second kappa shape index (κ2) is 6.37. The van der Waals surface area contributed by atoms with Gasteiger partial charge in [-0.1, -0.05) is 59.8 Å². The number of imidazole rings is 1. The first-order valence-electron chi connectivity index (χ1n) is 10.5. The van der Waals surface area contributed by atoms with Gasteiger partial charge >= 0.3 is 0 Å². The molecule has 1 saturated carbocycles. The number of aliphatic hydroxyl groups is 1.